The maximum Gasteiger partial charge on any atom is 0.178 e. The van der Waals surface area contributed by atoms with Crippen molar-refractivity contribution in [3.8, 4) is 0 Å². The molecule has 18 heavy (non-hydrogen) atoms. The van der Waals surface area contributed by atoms with Crippen LogP contribution in [0.25, 0.3) is 11.0 Å². The van der Waals surface area contributed by atoms with E-state index < -0.39 is 0 Å². The second kappa shape index (κ2) is 5.15. The highest BCUT2D eigenvalue weighted by Crippen LogP contribution is 2.28. The van der Waals surface area contributed by atoms with Gasteiger partial charge < -0.3 is 14.3 Å². The van der Waals surface area contributed by atoms with E-state index in [-0.39, 0.29) is 0 Å². The molecule has 1 N–H and O–H groups in total. The summed E-state index contributed by atoms with van der Waals surface area (Å²) in [5.41, 5.74) is 2.20. The standard InChI is InChI=1S/C13H15BrN2OS/c14-10-3-4-11-12(7-10)16(13(18)15-11)5-6-17-8-9-1-2-9/h3-4,7,9H,1-2,5-6,8H2,(H,15,18). The zero-order chi connectivity index (χ0) is 12.5. The molecule has 0 bridgehead atoms. The number of rotatable bonds is 5. The Balaban J connectivity index is 1.74. The molecule has 3 rings (SSSR count). The molecule has 0 amide bonds. The fraction of sp³-hybridized carbons (Fsp3) is 0.462. The third-order valence-electron chi connectivity index (χ3n) is 3.25. The van der Waals surface area contributed by atoms with Crippen LogP contribution in [0.5, 0.6) is 0 Å². The Kier molecular flexibility index (Phi) is 3.54. The Bertz CT molecular complexity index is 615. The van der Waals surface area contributed by atoms with Crippen LogP contribution >= 0.6 is 28.1 Å². The molecule has 1 aromatic heterocycles. The molecule has 1 saturated carbocycles. The molecule has 1 fully saturated rings. The lowest BCUT2D eigenvalue weighted by Gasteiger charge is -2.06. The number of hydrogen-bond donors (Lipinski definition) is 1. The lowest BCUT2D eigenvalue weighted by Crippen LogP contribution is -2.07. The summed E-state index contributed by atoms with van der Waals surface area (Å²) >= 11 is 8.84. The maximum atomic E-state index is 5.67. The molecular formula is C13H15BrN2OS. The van der Waals surface area contributed by atoms with Crippen molar-refractivity contribution in [2.45, 2.75) is 19.4 Å². The van der Waals surface area contributed by atoms with Crippen molar-refractivity contribution in [3.05, 3.63) is 27.4 Å². The van der Waals surface area contributed by atoms with Crippen LogP contribution in [0.4, 0.5) is 0 Å². The first-order valence-corrected chi connectivity index (χ1v) is 7.40. The summed E-state index contributed by atoms with van der Waals surface area (Å²) in [6, 6.07) is 6.14. The predicted octanol–water partition coefficient (Wildman–Crippen LogP) is 3.89. The first-order chi connectivity index (χ1) is 8.74. The van der Waals surface area contributed by atoms with Crippen molar-refractivity contribution in [1.29, 1.82) is 0 Å². The van der Waals surface area contributed by atoms with Crippen LogP contribution in [0.15, 0.2) is 22.7 Å². The van der Waals surface area contributed by atoms with Crippen LogP contribution in [-0.4, -0.2) is 22.8 Å². The zero-order valence-corrected chi connectivity index (χ0v) is 12.4. The van der Waals surface area contributed by atoms with Gasteiger partial charge in [-0.3, -0.25) is 0 Å². The lowest BCUT2D eigenvalue weighted by molar-refractivity contribution is 0.117. The van der Waals surface area contributed by atoms with E-state index in [1.54, 1.807) is 0 Å². The Morgan fingerprint density at radius 3 is 3.06 bits per heavy atom. The van der Waals surface area contributed by atoms with Crippen molar-refractivity contribution in [2.24, 2.45) is 5.92 Å². The van der Waals surface area contributed by atoms with Gasteiger partial charge in [0, 0.05) is 17.6 Å². The average molecular weight is 327 g/mol. The quantitative estimate of drug-likeness (QED) is 0.667. The summed E-state index contributed by atoms with van der Waals surface area (Å²) in [4.78, 5) is 3.22. The van der Waals surface area contributed by atoms with Crippen LogP contribution in [0.1, 0.15) is 12.8 Å². The fourth-order valence-corrected chi connectivity index (χ4v) is 2.69. The van der Waals surface area contributed by atoms with Gasteiger partial charge in [-0.1, -0.05) is 15.9 Å². The summed E-state index contributed by atoms with van der Waals surface area (Å²) in [5, 5.41) is 0. The number of aromatic nitrogens is 2. The Morgan fingerprint density at radius 1 is 1.44 bits per heavy atom. The largest absolute Gasteiger partial charge is 0.379 e. The second-order valence-electron chi connectivity index (χ2n) is 4.76. The first-order valence-electron chi connectivity index (χ1n) is 6.20. The van der Waals surface area contributed by atoms with Crippen LogP contribution in [0.2, 0.25) is 0 Å². The van der Waals surface area contributed by atoms with Crippen LogP contribution in [0.3, 0.4) is 0 Å². The molecule has 1 aliphatic rings. The molecule has 1 aromatic carbocycles. The lowest BCUT2D eigenvalue weighted by atomic mass is 10.3. The van der Waals surface area contributed by atoms with E-state index in [9.17, 15) is 0 Å². The summed E-state index contributed by atoms with van der Waals surface area (Å²) < 4.78 is 9.60. The van der Waals surface area contributed by atoms with Gasteiger partial charge in [0.1, 0.15) is 0 Å². The van der Waals surface area contributed by atoms with Gasteiger partial charge in [0.2, 0.25) is 0 Å². The van der Waals surface area contributed by atoms with Crippen molar-refractivity contribution in [1.82, 2.24) is 9.55 Å². The Hall–Kier alpha value is -0.650. The summed E-state index contributed by atoms with van der Waals surface area (Å²) in [6.45, 7) is 2.44. The van der Waals surface area contributed by atoms with Gasteiger partial charge in [-0.2, -0.15) is 0 Å². The highest BCUT2D eigenvalue weighted by molar-refractivity contribution is 9.10. The second-order valence-corrected chi connectivity index (χ2v) is 6.06. The molecule has 0 aliphatic heterocycles. The van der Waals surface area contributed by atoms with E-state index >= 15 is 0 Å². The van der Waals surface area contributed by atoms with Crippen molar-refractivity contribution < 1.29 is 4.74 Å². The molecule has 0 saturated heterocycles. The van der Waals surface area contributed by atoms with E-state index in [0.29, 0.717) is 0 Å². The molecular weight excluding hydrogens is 312 g/mol. The van der Waals surface area contributed by atoms with Crippen LogP contribution in [0, 0.1) is 10.7 Å². The number of halogens is 1. The van der Waals surface area contributed by atoms with E-state index in [1.807, 2.05) is 12.1 Å². The van der Waals surface area contributed by atoms with Gasteiger partial charge in [0.15, 0.2) is 4.77 Å². The number of ether oxygens (including phenoxy) is 1. The van der Waals surface area contributed by atoms with E-state index in [2.05, 4.69) is 31.5 Å². The van der Waals surface area contributed by atoms with Gasteiger partial charge in [-0.05, 0) is 49.2 Å². The molecule has 0 unspecified atom stereocenters. The monoisotopic (exact) mass is 326 g/mol. The van der Waals surface area contributed by atoms with Crippen LogP contribution < -0.4 is 0 Å². The normalized spacial score (nSPS) is 15.4. The minimum absolute atomic E-state index is 0.726. The SMILES string of the molecule is S=c1[nH]c2ccc(Br)cc2n1CCOCC1CC1. The number of fused-ring (bicyclic) bond motifs is 1. The number of nitrogens with one attached hydrogen (secondary N) is 1. The Morgan fingerprint density at radius 2 is 2.28 bits per heavy atom. The number of aromatic amines is 1. The van der Waals surface area contributed by atoms with Crippen molar-refractivity contribution >= 4 is 39.2 Å². The van der Waals surface area contributed by atoms with E-state index in [0.717, 1.165) is 46.0 Å². The molecule has 0 radical (unpaired) electrons. The smallest absolute Gasteiger partial charge is 0.178 e. The number of H-pyrrole nitrogens is 1. The van der Waals surface area contributed by atoms with Crippen LogP contribution in [-0.2, 0) is 11.3 Å². The van der Waals surface area contributed by atoms with Gasteiger partial charge >= 0.3 is 0 Å². The number of nitrogens with zero attached hydrogens (tertiary/aromatic N) is 1. The van der Waals surface area contributed by atoms with Gasteiger partial charge in [-0.25, -0.2) is 0 Å². The number of imidazole rings is 1. The minimum Gasteiger partial charge on any atom is -0.379 e. The van der Waals surface area contributed by atoms with Gasteiger partial charge in [0.25, 0.3) is 0 Å². The molecule has 0 spiro atoms. The van der Waals surface area contributed by atoms with Crippen molar-refractivity contribution in [2.75, 3.05) is 13.2 Å². The molecule has 2 aromatic rings. The number of hydrogen-bond acceptors (Lipinski definition) is 2. The van der Waals surface area contributed by atoms with Gasteiger partial charge in [0.05, 0.1) is 17.6 Å². The van der Waals surface area contributed by atoms with E-state index in [1.165, 1.54) is 12.8 Å². The molecule has 1 heterocycles. The Labute approximate surface area is 119 Å². The van der Waals surface area contributed by atoms with E-state index in [4.69, 9.17) is 17.0 Å². The fourth-order valence-electron chi connectivity index (χ4n) is 2.04. The number of benzene rings is 1. The molecule has 5 heteroatoms. The highest BCUT2D eigenvalue weighted by Gasteiger charge is 2.20. The molecule has 96 valence electrons. The maximum absolute atomic E-state index is 5.67. The summed E-state index contributed by atoms with van der Waals surface area (Å²) in [5.74, 6) is 0.815. The minimum atomic E-state index is 0.726. The molecule has 1 aliphatic carbocycles. The first kappa shape index (κ1) is 12.4. The summed E-state index contributed by atoms with van der Waals surface area (Å²) in [7, 11) is 0. The third-order valence-corrected chi connectivity index (χ3v) is 4.06. The highest BCUT2D eigenvalue weighted by atomic mass is 79.9. The van der Waals surface area contributed by atoms with Gasteiger partial charge in [-0.15, -0.1) is 0 Å². The topological polar surface area (TPSA) is 29.9 Å². The summed E-state index contributed by atoms with van der Waals surface area (Å²) in [6.07, 6.45) is 2.67. The third kappa shape index (κ3) is 2.68. The molecule has 0 atom stereocenters. The van der Waals surface area contributed by atoms with Crippen molar-refractivity contribution in [3.63, 3.8) is 0 Å². The zero-order valence-electron chi connectivity index (χ0n) is 9.99. The molecule has 3 nitrogen and oxygen atoms in total. The average Bonchev–Trinajstić information content (AvgIpc) is 3.11. The predicted molar refractivity (Wildman–Crippen MR) is 78.4 cm³/mol.